The Morgan fingerprint density at radius 2 is 2.07 bits per heavy atom. The minimum atomic E-state index is -0.957. The zero-order valence-corrected chi connectivity index (χ0v) is 24.9. The number of ether oxygens (including phenoxy) is 2. The first-order valence-electron chi connectivity index (χ1n) is 14.2. The molecular formula is C30H25ClF3N7O2S. The molecule has 9 nitrogen and oxygen atoms in total. The van der Waals surface area contributed by atoms with Crippen LogP contribution in [0.5, 0.6) is 11.8 Å². The summed E-state index contributed by atoms with van der Waals surface area (Å²) in [5.41, 5.74) is 5.44. The Balaban J connectivity index is 1.44. The van der Waals surface area contributed by atoms with E-state index in [0.29, 0.717) is 19.5 Å². The predicted molar refractivity (Wildman–Crippen MR) is 161 cm³/mol. The highest BCUT2D eigenvalue weighted by molar-refractivity contribution is 7.23. The second kappa shape index (κ2) is 10.8. The SMILES string of the molecule is N#CCCN1CCOc2c(Cl)c(-c3ccc(F)c4sc(N)c(C#N)c34)c(F)c3nc(OC[C@@]45CCCN4C[C@H](F)C5)nc1c23. The van der Waals surface area contributed by atoms with Crippen molar-refractivity contribution in [3.63, 3.8) is 0 Å². The molecular weight excluding hydrogens is 615 g/mol. The van der Waals surface area contributed by atoms with Gasteiger partial charge in [0.05, 0.1) is 45.2 Å². The molecule has 7 rings (SSSR count). The minimum Gasteiger partial charge on any atom is -0.489 e. The maximum Gasteiger partial charge on any atom is 0.319 e. The van der Waals surface area contributed by atoms with Gasteiger partial charge in [-0.3, -0.25) is 4.90 Å². The molecule has 0 bridgehead atoms. The number of nitrogen functional groups attached to an aromatic ring is 1. The fourth-order valence-electron chi connectivity index (χ4n) is 6.82. The van der Waals surface area contributed by atoms with Crippen LogP contribution in [0.25, 0.3) is 32.1 Å². The van der Waals surface area contributed by atoms with Gasteiger partial charge in [-0.1, -0.05) is 17.7 Å². The fourth-order valence-corrected chi connectivity index (χ4v) is 8.11. The Kier molecular flexibility index (Phi) is 7.08. The van der Waals surface area contributed by atoms with Crippen LogP contribution < -0.4 is 20.1 Å². The van der Waals surface area contributed by atoms with Gasteiger partial charge in [0, 0.05) is 30.5 Å². The number of alkyl halides is 1. The molecule has 0 spiro atoms. The van der Waals surface area contributed by atoms with Gasteiger partial charge in [-0.05, 0) is 31.0 Å². The Hall–Kier alpha value is -4.04. The second-order valence-corrected chi connectivity index (χ2v) is 12.7. The van der Waals surface area contributed by atoms with E-state index in [1.165, 1.54) is 12.1 Å². The van der Waals surface area contributed by atoms with Crippen molar-refractivity contribution in [1.29, 1.82) is 10.5 Å². The number of nitriles is 2. The molecule has 3 aliphatic heterocycles. The summed E-state index contributed by atoms with van der Waals surface area (Å²) in [5.74, 6) is -1.04. The van der Waals surface area contributed by atoms with Crippen LogP contribution in [0, 0.1) is 34.3 Å². The van der Waals surface area contributed by atoms with Crippen molar-refractivity contribution < 1.29 is 22.6 Å². The molecule has 2 saturated heterocycles. The maximum absolute atomic E-state index is 16.9. The van der Waals surface area contributed by atoms with E-state index in [-0.39, 0.29) is 91.5 Å². The number of fused-ring (bicyclic) bond motifs is 2. The molecule has 2 fully saturated rings. The molecule has 2 atom stereocenters. The van der Waals surface area contributed by atoms with Crippen LogP contribution in [0.4, 0.5) is 24.0 Å². The van der Waals surface area contributed by atoms with E-state index >= 15 is 4.39 Å². The van der Waals surface area contributed by atoms with E-state index < -0.39 is 23.3 Å². The van der Waals surface area contributed by atoms with Crippen LogP contribution in [0.3, 0.4) is 0 Å². The predicted octanol–water partition coefficient (Wildman–Crippen LogP) is 5.96. The number of nitrogens with zero attached hydrogens (tertiary/aromatic N) is 6. The third-order valence-corrected chi connectivity index (χ3v) is 10.2. The molecule has 226 valence electrons. The highest BCUT2D eigenvalue weighted by Gasteiger charge is 2.49. The first-order chi connectivity index (χ1) is 21.3. The van der Waals surface area contributed by atoms with Gasteiger partial charge in [-0.2, -0.15) is 20.5 Å². The third kappa shape index (κ3) is 4.37. The second-order valence-electron chi connectivity index (χ2n) is 11.2. The Morgan fingerprint density at radius 3 is 2.86 bits per heavy atom. The van der Waals surface area contributed by atoms with Crippen LogP contribution in [0.2, 0.25) is 5.02 Å². The summed E-state index contributed by atoms with van der Waals surface area (Å²) in [6.45, 7) is 1.98. The summed E-state index contributed by atoms with van der Waals surface area (Å²) >= 11 is 7.78. The zero-order valence-electron chi connectivity index (χ0n) is 23.3. The lowest BCUT2D eigenvalue weighted by molar-refractivity contribution is 0.107. The molecule has 2 aromatic carbocycles. The molecule has 0 radical (unpaired) electrons. The molecule has 44 heavy (non-hydrogen) atoms. The highest BCUT2D eigenvalue weighted by atomic mass is 35.5. The largest absolute Gasteiger partial charge is 0.489 e. The van der Waals surface area contributed by atoms with Crippen LogP contribution in [-0.4, -0.2) is 66.0 Å². The van der Waals surface area contributed by atoms with E-state index in [9.17, 15) is 19.3 Å². The van der Waals surface area contributed by atoms with E-state index in [4.69, 9.17) is 26.8 Å². The van der Waals surface area contributed by atoms with E-state index in [1.807, 2.05) is 6.07 Å². The van der Waals surface area contributed by atoms with Gasteiger partial charge in [-0.15, -0.1) is 11.3 Å². The van der Waals surface area contributed by atoms with Crippen molar-refractivity contribution in [1.82, 2.24) is 14.9 Å². The number of thiophene rings is 1. The molecule has 2 aromatic heterocycles. The number of rotatable bonds is 6. The van der Waals surface area contributed by atoms with E-state index in [0.717, 1.165) is 30.7 Å². The number of nitrogens with two attached hydrogens (primary N) is 1. The fraction of sp³-hybridized carbons (Fsp3) is 0.400. The van der Waals surface area contributed by atoms with Crippen molar-refractivity contribution in [3.05, 3.63) is 34.4 Å². The number of benzene rings is 2. The number of hydrogen-bond acceptors (Lipinski definition) is 10. The van der Waals surface area contributed by atoms with Crippen molar-refractivity contribution in [2.24, 2.45) is 0 Å². The number of hydrogen-bond donors (Lipinski definition) is 1. The van der Waals surface area contributed by atoms with E-state index in [1.54, 1.807) is 4.90 Å². The summed E-state index contributed by atoms with van der Waals surface area (Å²) in [4.78, 5) is 13.0. The molecule has 5 heterocycles. The topological polar surface area (TPSA) is 124 Å². The number of anilines is 2. The normalized spacial score (nSPS) is 21.2. The number of halogens is 4. The molecule has 0 aliphatic carbocycles. The highest BCUT2D eigenvalue weighted by Crippen LogP contribution is 2.51. The summed E-state index contributed by atoms with van der Waals surface area (Å²) in [5, 5.41) is 19.5. The van der Waals surface area contributed by atoms with Crippen molar-refractivity contribution >= 4 is 54.7 Å². The summed E-state index contributed by atoms with van der Waals surface area (Å²) in [6, 6.07) is 6.53. The van der Waals surface area contributed by atoms with Gasteiger partial charge in [0.15, 0.2) is 11.6 Å². The van der Waals surface area contributed by atoms with Crippen LogP contribution in [0.15, 0.2) is 12.1 Å². The van der Waals surface area contributed by atoms with Crippen molar-refractivity contribution in [2.75, 3.05) is 50.0 Å². The first-order valence-corrected chi connectivity index (χ1v) is 15.4. The minimum absolute atomic E-state index is 0.0139. The van der Waals surface area contributed by atoms with Crippen molar-refractivity contribution in [3.8, 4) is 35.0 Å². The molecule has 2 N–H and O–H groups in total. The van der Waals surface area contributed by atoms with Gasteiger partial charge in [0.1, 0.15) is 47.6 Å². The lowest BCUT2D eigenvalue weighted by Crippen LogP contribution is -2.43. The van der Waals surface area contributed by atoms with E-state index in [2.05, 4.69) is 20.9 Å². The van der Waals surface area contributed by atoms with Crippen LogP contribution in [-0.2, 0) is 0 Å². The Labute approximate surface area is 259 Å². The average Bonchev–Trinajstić information content (AvgIpc) is 3.60. The lowest BCUT2D eigenvalue weighted by atomic mass is 9.95. The van der Waals surface area contributed by atoms with Gasteiger partial charge in [0.2, 0.25) is 0 Å². The quantitative estimate of drug-likeness (QED) is 0.272. The summed E-state index contributed by atoms with van der Waals surface area (Å²) < 4.78 is 58.5. The summed E-state index contributed by atoms with van der Waals surface area (Å²) in [6.07, 6.45) is 1.23. The number of aromatic nitrogens is 2. The van der Waals surface area contributed by atoms with Crippen LogP contribution in [0.1, 0.15) is 31.2 Å². The zero-order chi connectivity index (χ0) is 30.7. The van der Waals surface area contributed by atoms with Gasteiger partial charge in [-0.25, -0.2) is 13.2 Å². The van der Waals surface area contributed by atoms with Crippen molar-refractivity contribution in [2.45, 2.75) is 37.4 Å². The Bertz CT molecular complexity index is 1930. The molecule has 0 saturated carbocycles. The molecule has 0 amide bonds. The van der Waals surface area contributed by atoms with Gasteiger partial charge < -0.3 is 20.1 Å². The molecule has 4 aromatic rings. The average molecular weight is 640 g/mol. The third-order valence-electron chi connectivity index (χ3n) is 8.77. The summed E-state index contributed by atoms with van der Waals surface area (Å²) in [7, 11) is 0. The standard InChI is InChI=1S/C30H25ClF3N7O2S/c31-22-20(16-3-4-18(33)26-19(16)17(12-36)27(37)44-26)23(34)24-21-25(22)42-10-9-40(7-2-6-35)28(21)39-29(38-24)43-14-30-5-1-8-41(30)13-15(32)11-30/h3-4,15H,1-2,5,7-11,13-14,37H2/t15-,30+/m1/s1. The Morgan fingerprint density at radius 1 is 1.23 bits per heavy atom. The monoisotopic (exact) mass is 639 g/mol. The van der Waals surface area contributed by atoms with Crippen LogP contribution >= 0.6 is 22.9 Å². The van der Waals surface area contributed by atoms with Gasteiger partial charge in [0.25, 0.3) is 0 Å². The van der Waals surface area contributed by atoms with Gasteiger partial charge >= 0.3 is 6.01 Å². The maximum atomic E-state index is 16.9. The molecule has 0 unspecified atom stereocenters. The molecule has 14 heteroatoms. The first kappa shape index (κ1) is 28.7. The smallest absolute Gasteiger partial charge is 0.319 e. The lowest BCUT2D eigenvalue weighted by Gasteiger charge is -2.31. The molecule has 3 aliphatic rings.